The fraction of sp³-hybridized carbons (Fsp3) is 0.400. The van der Waals surface area contributed by atoms with E-state index in [1.54, 1.807) is 6.07 Å². The molecule has 154 valence electrons. The number of primary amides is 1. The van der Waals surface area contributed by atoms with Crippen molar-refractivity contribution in [1.82, 2.24) is 0 Å². The van der Waals surface area contributed by atoms with Crippen LogP contribution < -0.4 is 11.5 Å². The summed E-state index contributed by atoms with van der Waals surface area (Å²) in [6.45, 7) is 1.27. The second kappa shape index (κ2) is 6.14. The third kappa shape index (κ3) is 2.55. The number of aromatic hydroxyl groups is 1. The Morgan fingerprint density at radius 1 is 1.28 bits per heavy atom. The van der Waals surface area contributed by atoms with Gasteiger partial charge in [-0.05, 0) is 43.2 Å². The van der Waals surface area contributed by atoms with Gasteiger partial charge in [0.15, 0.2) is 11.5 Å². The van der Waals surface area contributed by atoms with Gasteiger partial charge in [0.1, 0.15) is 17.1 Å². The minimum Gasteiger partial charge on any atom is -0.512 e. The molecule has 0 spiro atoms. The van der Waals surface area contributed by atoms with E-state index in [-0.39, 0.29) is 39.6 Å². The third-order valence-corrected chi connectivity index (χ3v) is 6.76. The predicted molar refractivity (Wildman–Crippen MR) is 105 cm³/mol. The zero-order valence-corrected chi connectivity index (χ0v) is 16.3. The van der Waals surface area contributed by atoms with Crippen LogP contribution in [0, 0.1) is 17.8 Å². The molecule has 1 fully saturated rings. The Hall–Kier alpha value is -2.71. The third-order valence-electron chi connectivity index (χ3n) is 6.45. The van der Waals surface area contributed by atoms with Crippen molar-refractivity contribution < 1.29 is 30.0 Å². The van der Waals surface area contributed by atoms with Crippen molar-refractivity contribution in [3.63, 3.8) is 0 Å². The van der Waals surface area contributed by atoms with Gasteiger partial charge >= 0.3 is 0 Å². The number of carbonyl (C=O) groups excluding carboxylic acids is 2. The molecule has 0 aliphatic heterocycles. The molecular formula is C20H21ClN2O6. The van der Waals surface area contributed by atoms with Gasteiger partial charge in [-0.1, -0.05) is 11.6 Å². The molecule has 29 heavy (non-hydrogen) atoms. The number of aliphatic hydroxyl groups excluding tert-OH is 2. The van der Waals surface area contributed by atoms with Crippen LogP contribution in [-0.4, -0.2) is 37.7 Å². The Morgan fingerprint density at radius 3 is 2.55 bits per heavy atom. The lowest BCUT2D eigenvalue weighted by Crippen LogP contribution is -2.55. The number of phenols is 1. The van der Waals surface area contributed by atoms with Crippen LogP contribution >= 0.6 is 11.6 Å². The standard InChI is InChI=1S/C20H21ClN2O6/c1-20(29)13-8(5-10(24)14(20)19(23)28)3-6-2-7-4-9(21)15(22)18(27)12(7)16(25)11(6)17(13)26/h4,6,8,13,24-25,27,29H,2-3,5,22H2,1H3,(H2,23,28). The number of nitrogens with two attached hydrogens (primary N) is 2. The SMILES string of the molecule is CC1(O)C(C(N)=O)=C(O)CC2CC3Cc4cc(Cl)c(N)c(O)c4C(O)=C3C(=O)C21. The van der Waals surface area contributed by atoms with Gasteiger partial charge in [-0.3, -0.25) is 9.59 Å². The number of benzene rings is 1. The lowest BCUT2D eigenvalue weighted by atomic mass is 9.57. The van der Waals surface area contributed by atoms with Crippen LogP contribution in [0.2, 0.25) is 5.02 Å². The molecule has 8 nitrogen and oxygen atoms in total. The summed E-state index contributed by atoms with van der Waals surface area (Å²) in [4.78, 5) is 25.2. The number of rotatable bonds is 1. The minimum atomic E-state index is -1.99. The average Bonchev–Trinajstić information content (AvgIpc) is 2.57. The number of nitrogen functional groups attached to an aromatic ring is 1. The molecule has 4 atom stereocenters. The molecule has 4 rings (SSSR count). The number of phenolic OH excluding ortho intramolecular Hbond substituents is 1. The second-order valence-corrected chi connectivity index (χ2v) is 8.60. The van der Waals surface area contributed by atoms with Crippen LogP contribution in [-0.2, 0) is 16.0 Å². The van der Waals surface area contributed by atoms with Crippen molar-refractivity contribution in [2.45, 2.75) is 31.8 Å². The molecule has 3 aliphatic carbocycles. The van der Waals surface area contributed by atoms with Gasteiger partial charge in [0.2, 0.25) is 0 Å². The molecular weight excluding hydrogens is 400 g/mol. The molecule has 0 saturated heterocycles. The van der Waals surface area contributed by atoms with Crippen molar-refractivity contribution in [2.75, 3.05) is 5.73 Å². The Morgan fingerprint density at radius 2 is 1.93 bits per heavy atom. The molecule has 3 aliphatic rings. The summed E-state index contributed by atoms with van der Waals surface area (Å²) in [5.74, 6) is -4.59. The van der Waals surface area contributed by atoms with E-state index in [4.69, 9.17) is 23.1 Å². The Kier molecular flexibility index (Phi) is 4.15. The minimum absolute atomic E-state index is 0.0238. The quantitative estimate of drug-likeness (QED) is 0.297. The first-order chi connectivity index (χ1) is 13.5. The van der Waals surface area contributed by atoms with Gasteiger partial charge in [-0.25, -0.2) is 0 Å². The molecule has 1 aromatic carbocycles. The highest BCUT2D eigenvalue weighted by Crippen LogP contribution is 2.54. The first-order valence-electron chi connectivity index (χ1n) is 9.19. The van der Waals surface area contributed by atoms with Crippen molar-refractivity contribution in [3.8, 4) is 5.75 Å². The smallest absolute Gasteiger partial charge is 0.250 e. The number of anilines is 1. The molecule has 1 aromatic rings. The number of hydrogen-bond donors (Lipinski definition) is 6. The summed E-state index contributed by atoms with van der Waals surface area (Å²) in [5.41, 5.74) is 9.28. The van der Waals surface area contributed by atoms with E-state index >= 15 is 0 Å². The van der Waals surface area contributed by atoms with Crippen LogP contribution in [0.1, 0.15) is 30.9 Å². The van der Waals surface area contributed by atoms with E-state index in [1.807, 2.05) is 0 Å². The number of allylic oxidation sites excluding steroid dienone is 2. The van der Waals surface area contributed by atoms with E-state index < -0.39 is 46.6 Å². The molecule has 0 radical (unpaired) electrons. The van der Waals surface area contributed by atoms with Crippen LogP contribution in [0.3, 0.4) is 0 Å². The van der Waals surface area contributed by atoms with Crippen molar-refractivity contribution in [2.24, 2.45) is 23.5 Å². The van der Waals surface area contributed by atoms with Gasteiger partial charge in [0.25, 0.3) is 5.91 Å². The van der Waals surface area contributed by atoms with Crippen LogP contribution in [0.4, 0.5) is 5.69 Å². The maximum atomic E-state index is 13.4. The first-order valence-corrected chi connectivity index (χ1v) is 9.56. The molecule has 9 heteroatoms. The van der Waals surface area contributed by atoms with E-state index in [0.717, 1.165) is 0 Å². The van der Waals surface area contributed by atoms with Gasteiger partial charge < -0.3 is 31.9 Å². The lowest BCUT2D eigenvalue weighted by molar-refractivity contribution is -0.136. The fourth-order valence-electron chi connectivity index (χ4n) is 5.33. The summed E-state index contributed by atoms with van der Waals surface area (Å²) in [6, 6.07) is 1.55. The predicted octanol–water partition coefficient (Wildman–Crippen LogP) is 1.73. The molecule has 4 unspecified atom stereocenters. The van der Waals surface area contributed by atoms with Gasteiger partial charge in [0.05, 0.1) is 27.8 Å². The number of hydrogen-bond acceptors (Lipinski definition) is 7. The zero-order chi connectivity index (χ0) is 21.4. The van der Waals surface area contributed by atoms with E-state index in [9.17, 15) is 30.0 Å². The Balaban J connectivity index is 1.89. The number of halogens is 1. The monoisotopic (exact) mass is 420 g/mol. The largest absolute Gasteiger partial charge is 0.512 e. The second-order valence-electron chi connectivity index (χ2n) is 8.19. The number of fused-ring (bicyclic) bond motifs is 3. The highest BCUT2D eigenvalue weighted by Gasteiger charge is 2.56. The topological polar surface area (TPSA) is 167 Å². The highest BCUT2D eigenvalue weighted by molar-refractivity contribution is 6.33. The molecule has 1 saturated carbocycles. The van der Waals surface area contributed by atoms with E-state index in [2.05, 4.69) is 0 Å². The number of ketones is 1. The Labute approximate surface area is 171 Å². The maximum Gasteiger partial charge on any atom is 0.250 e. The van der Waals surface area contributed by atoms with Crippen molar-refractivity contribution >= 4 is 34.7 Å². The summed E-state index contributed by atoms with van der Waals surface area (Å²) in [6.07, 6.45) is 0.729. The molecule has 8 N–H and O–H groups in total. The fourth-order valence-corrected chi connectivity index (χ4v) is 5.55. The van der Waals surface area contributed by atoms with E-state index in [1.165, 1.54) is 6.92 Å². The van der Waals surface area contributed by atoms with Crippen molar-refractivity contribution in [1.29, 1.82) is 0 Å². The van der Waals surface area contributed by atoms with Crippen molar-refractivity contribution in [3.05, 3.63) is 39.1 Å². The zero-order valence-electron chi connectivity index (χ0n) is 15.6. The number of Topliss-reactive ketones (excluding diaryl/α,β-unsaturated/α-hetero) is 1. The van der Waals surface area contributed by atoms with Gasteiger partial charge in [0, 0.05) is 12.0 Å². The summed E-state index contributed by atoms with van der Waals surface area (Å²) < 4.78 is 0. The average molecular weight is 421 g/mol. The normalized spacial score (nSPS) is 31.3. The number of aliphatic hydroxyl groups is 3. The molecule has 1 amide bonds. The van der Waals surface area contributed by atoms with Crippen LogP contribution in [0.25, 0.3) is 5.76 Å². The number of carbonyl (C=O) groups is 2. The number of amides is 1. The van der Waals surface area contributed by atoms with Crippen LogP contribution in [0.15, 0.2) is 23.0 Å². The molecule has 0 aromatic heterocycles. The lowest BCUT2D eigenvalue weighted by Gasteiger charge is -2.47. The highest BCUT2D eigenvalue weighted by atomic mass is 35.5. The van der Waals surface area contributed by atoms with Crippen LogP contribution in [0.5, 0.6) is 5.75 Å². The summed E-state index contributed by atoms with van der Waals surface area (Å²) in [5, 5.41) is 42.7. The summed E-state index contributed by atoms with van der Waals surface area (Å²) in [7, 11) is 0. The molecule has 0 bridgehead atoms. The Bertz CT molecular complexity index is 1040. The van der Waals surface area contributed by atoms with E-state index in [0.29, 0.717) is 18.4 Å². The maximum absolute atomic E-state index is 13.4. The summed E-state index contributed by atoms with van der Waals surface area (Å²) >= 11 is 6.05. The molecule has 0 heterocycles. The first kappa shape index (κ1) is 19.6. The van der Waals surface area contributed by atoms with Gasteiger partial charge in [-0.15, -0.1) is 0 Å². The van der Waals surface area contributed by atoms with Gasteiger partial charge in [-0.2, -0.15) is 0 Å².